The standard InChI is InChI=1S/C12H22N3O2Si.3C4H9.Sn/c1-11-5-7-15(14-11)8-6-13-12(16)17-9-10-18(2,3)4;3*1-3-4-2;/h5H,6,8-10H2,1-4H3,(H,13,16);3*1,3-4H2,2H3;. The van der Waals surface area contributed by atoms with E-state index in [2.05, 4.69) is 63.4 Å². The van der Waals surface area contributed by atoms with Gasteiger partial charge in [0.05, 0.1) is 0 Å². The van der Waals surface area contributed by atoms with Crippen LogP contribution in [0.4, 0.5) is 4.79 Å². The van der Waals surface area contributed by atoms with Gasteiger partial charge in [-0.3, -0.25) is 0 Å². The summed E-state index contributed by atoms with van der Waals surface area (Å²) in [6, 6.07) is 3.40. The summed E-state index contributed by atoms with van der Waals surface area (Å²) in [4.78, 5) is 12.1. The van der Waals surface area contributed by atoms with Gasteiger partial charge in [-0.1, -0.05) is 0 Å². The number of hydrogen-bond donors (Lipinski definition) is 1. The minimum atomic E-state index is -2.54. The van der Waals surface area contributed by atoms with Crippen LogP contribution in [-0.2, 0) is 11.3 Å². The zero-order valence-corrected chi connectivity index (χ0v) is 25.3. The monoisotopic (exact) mass is 559 g/mol. The van der Waals surface area contributed by atoms with E-state index in [9.17, 15) is 4.79 Å². The molecule has 0 aliphatic rings. The Balaban J connectivity index is 2.87. The summed E-state index contributed by atoms with van der Waals surface area (Å²) in [5, 5.41) is 7.83. The van der Waals surface area contributed by atoms with Crippen molar-refractivity contribution in [2.24, 2.45) is 0 Å². The maximum absolute atomic E-state index is 12.1. The van der Waals surface area contributed by atoms with Crippen LogP contribution in [0.3, 0.4) is 0 Å². The Morgan fingerprint density at radius 1 is 1.06 bits per heavy atom. The Labute approximate surface area is 197 Å². The average molecular weight is 558 g/mol. The summed E-state index contributed by atoms with van der Waals surface area (Å²) in [5.74, 6) is 0. The van der Waals surface area contributed by atoms with Crippen LogP contribution in [0.1, 0.15) is 65.0 Å². The molecular formula is C24H49N3O2SiSn. The Hall–Kier alpha value is -0.504. The van der Waals surface area contributed by atoms with Gasteiger partial charge in [0.25, 0.3) is 0 Å². The predicted octanol–water partition coefficient (Wildman–Crippen LogP) is 6.31. The summed E-state index contributed by atoms with van der Waals surface area (Å²) in [6.07, 6.45) is 7.56. The molecular weight excluding hydrogens is 509 g/mol. The van der Waals surface area contributed by atoms with Crippen molar-refractivity contribution in [2.45, 2.75) is 112 Å². The Morgan fingerprint density at radius 3 is 2.10 bits per heavy atom. The molecule has 0 fully saturated rings. The molecule has 31 heavy (non-hydrogen) atoms. The van der Waals surface area contributed by atoms with E-state index in [-0.39, 0.29) is 6.09 Å². The van der Waals surface area contributed by atoms with E-state index in [4.69, 9.17) is 9.84 Å². The molecule has 5 nitrogen and oxygen atoms in total. The third kappa shape index (κ3) is 10.8. The summed E-state index contributed by atoms with van der Waals surface area (Å²) >= 11 is -2.54. The van der Waals surface area contributed by atoms with Gasteiger partial charge in [0.1, 0.15) is 0 Å². The first kappa shape index (κ1) is 28.5. The summed E-state index contributed by atoms with van der Waals surface area (Å²) in [5.41, 5.74) is 1.12. The molecule has 1 amide bonds. The minimum absolute atomic E-state index is 0.290. The SMILES string of the molecule is CCC[CH2][Sn]([CH2]CCC)([CH2]CCC)[c]1cc(C)nn1CCNC(=O)OCC[Si](C)(C)C. The number of nitrogens with one attached hydrogen (secondary N) is 1. The van der Waals surface area contributed by atoms with E-state index in [1.807, 2.05) is 0 Å². The summed E-state index contributed by atoms with van der Waals surface area (Å²) < 4.78 is 13.5. The maximum atomic E-state index is 12.1. The molecule has 0 aromatic carbocycles. The van der Waals surface area contributed by atoms with Crippen LogP contribution >= 0.6 is 0 Å². The van der Waals surface area contributed by atoms with Gasteiger partial charge in [0, 0.05) is 0 Å². The molecule has 0 saturated heterocycles. The fourth-order valence-corrected chi connectivity index (χ4v) is 21.6. The van der Waals surface area contributed by atoms with Crippen molar-refractivity contribution in [1.82, 2.24) is 15.1 Å². The molecule has 0 aliphatic carbocycles. The van der Waals surface area contributed by atoms with Gasteiger partial charge >= 0.3 is 198 Å². The number of hydrogen-bond acceptors (Lipinski definition) is 3. The van der Waals surface area contributed by atoms with E-state index < -0.39 is 26.5 Å². The van der Waals surface area contributed by atoms with Gasteiger partial charge in [0.15, 0.2) is 0 Å². The molecule has 1 aromatic rings. The second kappa shape index (κ2) is 14.6. The van der Waals surface area contributed by atoms with Gasteiger partial charge in [-0.15, -0.1) is 0 Å². The van der Waals surface area contributed by atoms with Gasteiger partial charge in [-0.25, -0.2) is 0 Å². The fraction of sp³-hybridized carbons (Fsp3) is 0.833. The number of ether oxygens (including phenoxy) is 1. The zero-order chi connectivity index (χ0) is 23.3. The van der Waals surface area contributed by atoms with Crippen molar-refractivity contribution in [2.75, 3.05) is 13.2 Å². The number of nitrogens with zero attached hydrogens (tertiary/aromatic N) is 2. The number of unbranched alkanes of at least 4 members (excludes halogenated alkanes) is 3. The van der Waals surface area contributed by atoms with Crippen molar-refractivity contribution < 1.29 is 9.53 Å². The van der Waals surface area contributed by atoms with Crippen LogP contribution in [0.15, 0.2) is 6.07 Å². The van der Waals surface area contributed by atoms with Crippen molar-refractivity contribution >= 4 is 36.3 Å². The quantitative estimate of drug-likeness (QED) is 0.242. The van der Waals surface area contributed by atoms with Crippen LogP contribution in [-0.4, -0.2) is 55.5 Å². The van der Waals surface area contributed by atoms with E-state index in [1.54, 1.807) is 3.71 Å². The van der Waals surface area contributed by atoms with Gasteiger partial charge in [0.2, 0.25) is 0 Å². The van der Waals surface area contributed by atoms with Crippen LogP contribution in [0.2, 0.25) is 39.0 Å². The number of rotatable bonds is 16. The second-order valence-electron chi connectivity index (χ2n) is 10.4. The van der Waals surface area contributed by atoms with E-state index >= 15 is 0 Å². The molecule has 1 N–H and O–H groups in total. The molecule has 0 spiro atoms. The van der Waals surface area contributed by atoms with Crippen LogP contribution in [0.25, 0.3) is 0 Å². The number of aryl methyl sites for hydroxylation is 1. The van der Waals surface area contributed by atoms with Crippen LogP contribution in [0.5, 0.6) is 0 Å². The first-order valence-corrected chi connectivity index (χ1v) is 23.8. The van der Waals surface area contributed by atoms with E-state index in [1.165, 1.54) is 51.8 Å². The topological polar surface area (TPSA) is 56.2 Å². The van der Waals surface area contributed by atoms with Crippen molar-refractivity contribution in [1.29, 1.82) is 0 Å². The normalized spacial score (nSPS) is 12.2. The third-order valence-electron chi connectivity index (χ3n) is 6.15. The molecule has 1 rings (SSSR count). The Kier molecular flexibility index (Phi) is 13.4. The molecule has 0 saturated carbocycles. The average Bonchev–Trinajstić information content (AvgIpc) is 3.08. The van der Waals surface area contributed by atoms with E-state index in [0.29, 0.717) is 13.2 Å². The van der Waals surface area contributed by atoms with Gasteiger partial charge < -0.3 is 0 Å². The molecule has 0 bridgehead atoms. The predicted molar refractivity (Wildman–Crippen MR) is 139 cm³/mol. The Bertz CT molecular complexity index is 621. The molecule has 1 heterocycles. The van der Waals surface area contributed by atoms with Crippen LogP contribution in [0, 0.1) is 6.92 Å². The summed E-state index contributed by atoms with van der Waals surface area (Å²) in [7, 11) is -1.18. The number of alkyl carbamates (subject to hydrolysis) is 1. The number of carbonyl (C=O) groups excluding carboxylic acids is 1. The number of amides is 1. The molecule has 0 radical (unpaired) electrons. The van der Waals surface area contributed by atoms with Gasteiger partial charge in [-0.2, -0.15) is 0 Å². The molecule has 0 aliphatic heterocycles. The Morgan fingerprint density at radius 2 is 1.61 bits per heavy atom. The first-order valence-electron chi connectivity index (χ1n) is 12.6. The fourth-order valence-electron chi connectivity index (χ4n) is 4.21. The zero-order valence-electron chi connectivity index (χ0n) is 21.5. The second-order valence-corrected chi connectivity index (χ2v) is 29.0. The number of carbonyl (C=O) groups is 1. The molecule has 180 valence electrons. The molecule has 7 heteroatoms. The van der Waals surface area contributed by atoms with Crippen molar-refractivity contribution in [3.8, 4) is 0 Å². The van der Waals surface area contributed by atoms with Crippen LogP contribution < -0.4 is 9.03 Å². The molecule has 0 atom stereocenters. The van der Waals surface area contributed by atoms with Crippen molar-refractivity contribution in [3.63, 3.8) is 0 Å². The summed E-state index contributed by atoms with van der Waals surface area (Å²) in [6.45, 7) is 17.8. The van der Waals surface area contributed by atoms with Crippen molar-refractivity contribution in [3.05, 3.63) is 11.8 Å². The van der Waals surface area contributed by atoms with E-state index in [0.717, 1.165) is 18.3 Å². The number of aromatic nitrogens is 2. The molecule has 1 aromatic heterocycles. The first-order chi connectivity index (χ1) is 14.7. The van der Waals surface area contributed by atoms with Gasteiger partial charge in [-0.05, 0) is 0 Å². The third-order valence-corrected chi connectivity index (χ3v) is 23.3. The molecule has 0 unspecified atom stereocenters.